The molecule has 1 saturated heterocycles. The Kier molecular flexibility index (Phi) is 4.32. The summed E-state index contributed by atoms with van der Waals surface area (Å²) in [6.45, 7) is -0.241. The van der Waals surface area contributed by atoms with E-state index in [1.54, 1.807) is 0 Å². The Hall–Kier alpha value is -1.54. The Labute approximate surface area is 89.3 Å². The molecule has 0 amide bonds. The van der Waals surface area contributed by atoms with E-state index in [1.807, 2.05) is 0 Å². The monoisotopic (exact) mass is 230 g/mol. The lowest BCUT2D eigenvalue weighted by molar-refractivity contribution is -0.238. The van der Waals surface area contributed by atoms with Gasteiger partial charge in [0.1, 0.15) is 12.1 Å². The summed E-state index contributed by atoms with van der Waals surface area (Å²) in [5.41, 5.74) is 16.3. The highest BCUT2D eigenvalue weighted by Gasteiger charge is 2.42. The molecule has 16 heavy (non-hydrogen) atoms. The van der Waals surface area contributed by atoms with Crippen molar-refractivity contribution in [1.82, 2.24) is 0 Å². The minimum Gasteiger partial charge on any atom is -0.390 e. The van der Waals surface area contributed by atoms with Gasteiger partial charge in [-0.2, -0.15) is 0 Å². The lowest BCUT2D eigenvalue weighted by Crippen LogP contribution is -2.57. The molecule has 0 spiro atoms. The third-order valence-corrected chi connectivity index (χ3v) is 2.20. The van der Waals surface area contributed by atoms with Gasteiger partial charge < -0.3 is 20.1 Å². The van der Waals surface area contributed by atoms with E-state index in [1.165, 1.54) is 0 Å². The molecule has 5 atom stereocenters. The van der Waals surface area contributed by atoms with Crippen LogP contribution in [0.3, 0.4) is 0 Å². The van der Waals surface area contributed by atoms with Gasteiger partial charge in [0, 0.05) is 9.82 Å². The van der Waals surface area contributed by atoms with Gasteiger partial charge in [0.25, 0.3) is 0 Å². The summed E-state index contributed by atoms with van der Waals surface area (Å²) in [7, 11) is 0. The van der Waals surface area contributed by atoms with Gasteiger partial charge in [-0.3, -0.25) is 0 Å². The molecule has 0 aromatic heterocycles. The zero-order valence-corrected chi connectivity index (χ0v) is 8.03. The van der Waals surface area contributed by atoms with Gasteiger partial charge >= 0.3 is 0 Å². The maximum atomic E-state index is 9.53. The van der Waals surface area contributed by atoms with Gasteiger partial charge in [-0.05, 0) is 11.1 Å². The van der Waals surface area contributed by atoms with Crippen molar-refractivity contribution in [3.05, 3.63) is 20.9 Å². The van der Waals surface area contributed by atoms with Crippen LogP contribution >= 0.6 is 0 Å². The fraction of sp³-hybridized carbons (Fsp3) is 1.00. The first kappa shape index (κ1) is 12.5. The molecule has 1 heterocycles. The first-order chi connectivity index (χ1) is 7.61. The van der Waals surface area contributed by atoms with Crippen molar-refractivity contribution in [3.63, 3.8) is 0 Å². The van der Waals surface area contributed by atoms with Gasteiger partial charge in [0.05, 0.1) is 18.8 Å². The molecule has 1 fully saturated rings. The molecule has 0 radical (unpaired) electrons. The van der Waals surface area contributed by atoms with Crippen molar-refractivity contribution in [2.45, 2.75) is 30.6 Å². The predicted molar refractivity (Wildman–Crippen MR) is 49.8 cm³/mol. The average molecular weight is 230 g/mol. The van der Waals surface area contributed by atoms with Gasteiger partial charge in [-0.25, -0.2) is 0 Å². The molecule has 2 unspecified atom stereocenters. The molecule has 1 aliphatic heterocycles. The van der Waals surface area contributed by atoms with E-state index < -0.39 is 30.6 Å². The van der Waals surface area contributed by atoms with E-state index in [0.717, 1.165) is 0 Å². The van der Waals surface area contributed by atoms with Crippen molar-refractivity contribution in [2.75, 3.05) is 6.54 Å². The average Bonchev–Trinajstić information content (AvgIpc) is 2.27. The maximum absolute atomic E-state index is 9.53. The molecule has 0 saturated carbocycles. The highest BCUT2D eigenvalue weighted by Crippen LogP contribution is 2.22. The van der Waals surface area contributed by atoms with Crippen LogP contribution in [-0.4, -0.2) is 52.5 Å². The zero-order valence-electron chi connectivity index (χ0n) is 8.03. The molecule has 0 aliphatic carbocycles. The minimum absolute atomic E-state index is 0.241. The smallest absolute Gasteiger partial charge is 0.166 e. The molecular weight excluding hydrogens is 220 g/mol. The van der Waals surface area contributed by atoms with Crippen LogP contribution in [0.5, 0.6) is 0 Å². The Bertz CT molecular complexity index is 336. The number of hydrogen-bond acceptors (Lipinski definition) is 6. The molecule has 0 bridgehead atoms. The third-order valence-electron chi connectivity index (χ3n) is 2.20. The van der Waals surface area contributed by atoms with Gasteiger partial charge in [0.15, 0.2) is 6.29 Å². The Balaban J connectivity index is 2.77. The van der Waals surface area contributed by atoms with Crippen LogP contribution in [0.25, 0.3) is 20.9 Å². The molecule has 88 valence electrons. The summed E-state index contributed by atoms with van der Waals surface area (Å²) in [5.74, 6) is 0. The second-order valence-electron chi connectivity index (χ2n) is 3.16. The Morgan fingerprint density at radius 3 is 2.38 bits per heavy atom. The van der Waals surface area contributed by atoms with E-state index in [0.29, 0.717) is 0 Å². The molecule has 10 nitrogen and oxygen atoms in total. The number of hydrogen-bond donors (Lipinski definition) is 3. The molecule has 1 rings (SSSR count). The molecular formula is C6H10N6O4. The number of aliphatic hydroxyl groups is 3. The molecule has 0 aromatic carbocycles. The predicted octanol–water partition coefficient (Wildman–Crippen LogP) is -0.585. The van der Waals surface area contributed by atoms with Crippen molar-refractivity contribution in [2.24, 2.45) is 10.2 Å². The number of rotatable bonds is 3. The summed E-state index contributed by atoms with van der Waals surface area (Å²) in [6, 6.07) is -1.29. The molecule has 0 aromatic rings. The highest BCUT2D eigenvalue weighted by atomic mass is 16.6. The van der Waals surface area contributed by atoms with Crippen LogP contribution in [0.1, 0.15) is 0 Å². The van der Waals surface area contributed by atoms with Crippen LogP contribution in [0.4, 0.5) is 0 Å². The van der Waals surface area contributed by atoms with E-state index in [-0.39, 0.29) is 6.54 Å². The minimum atomic E-state index is -1.55. The van der Waals surface area contributed by atoms with Crippen molar-refractivity contribution in [3.8, 4) is 0 Å². The number of nitrogens with zero attached hydrogens (tertiary/aromatic N) is 6. The topological polar surface area (TPSA) is 167 Å². The highest BCUT2D eigenvalue weighted by molar-refractivity contribution is 4.93. The number of ether oxygens (including phenoxy) is 1. The van der Waals surface area contributed by atoms with Crippen LogP contribution in [0.2, 0.25) is 0 Å². The van der Waals surface area contributed by atoms with Gasteiger partial charge in [-0.15, -0.1) is 0 Å². The standard InChI is InChI=1S/C6H10N6O4/c7-11-9-1-2-4(13)5(14)3(10-12-8)6(15)16-2/h2-6,13-15H,1H2/t2?,3?,4-,5-,6+/m1/s1. The summed E-state index contributed by atoms with van der Waals surface area (Å²) in [5, 5.41) is 34.7. The molecule has 1 aliphatic rings. The van der Waals surface area contributed by atoms with E-state index >= 15 is 0 Å². The quantitative estimate of drug-likeness (QED) is 0.335. The molecule has 3 N–H and O–H groups in total. The zero-order chi connectivity index (χ0) is 12.1. The third kappa shape index (κ3) is 2.52. The van der Waals surface area contributed by atoms with Crippen LogP contribution < -0.4 is 0 Å². The number of aliphatic hydroxyl groups excluding tert-OH is 3. The van der Waals surface area contributed by atoms with Gasteiger partial charge in [-0.1, -0.05) is 10.2 Å². The Morgan fingerprint density at radius 2 is 1.81 bits per heavy atom. The van der Waals surface area contributed by atoms with E-state index in [9.17, 15) is 15.3 Å². The van der Waals surface area contributed by atoms with Crippen molar-refractivity contribution < 1.29 is 20.1 Å². The molecule has 10 heteroatoms. The first-order valence-electron chi connectivity index (χ1n) is 4.36. The summed E-state index contributed by atoms with van der Waals surface area (Å²) in [6.07, 6.45) is -5.46. The van der Waals surface area contributed by atoms with E-state index in [2.05, 4.69) is 20.1 Å². The number of azide groups is 2. The van der Waals surface area contributed by atoms with Crippen molar-refractivity contribution in [1.29, 1.82) is 0 Å². The van der Waals surface area contributed by atoms with Gasteiger partial charge in [0.2, 0.25) is 0 Å². The Morgan fingerprint density at radius 1 is 1.12 bits per heavy atom. The maximum Gasteiger partial charge on any atom is 0.166 e. The lowest BCUT2D eigenvalue weighted by atomic mass is 9.97. The van der Waals surface area contributed by atoms with Crippen molar-refractivity contribution >= 4 is 0 Å². The first-order valence-corrected chi connectivity index (χ1v) is 4.36. The second kappa shape index (κ2) is 5.52. The van der Waals surface area contributed by atoms with Crippen LogP contribution in [-0.2, 0) is 4.74 Å². The lowest BCUT2D eigenvalue weighted by Gasteiger charge is -2.38. The fourth-order valence-corrected chi connectivity index (χ4v) is 1.38. The second-order valence-corrected chi connectivity index (χ2v) is 3.16. The van der Waals surface area contributed by atoms with E-state index in [4.69, 9.17) is 15.8 Å². The summed E-state index contributed by atoms with van der Waals surface area (Å²) in [4.78, 5) is 4.87. The largest absolute Gasteiger partial charge is 0.390 e. The SMILES string of the molecule is [N-]=[N+]=NCC1O[C@H](O)C(N=[N+]=[N-])[C@@H](O)[C@@H]1O. The summed E-state index contributed by atoms with van der Waals surface area (Å²) < 4.78 is 4.85. The normalized spacial score (nSPS) is 38.3. The summed E-state index contributed by atoms with van der Waals surface area (Å²) >= 11 is 0. The fourth-order valence-electron chi connectivity index (χ4n) is 1.38. The van der Waals surface area contributed by atoms with Crippen LogP contribution in [0, 0.1) is 0 Å². The van der Waals surface area contributed by atoms with Crippen LogP contribution in [0.15, 0.2) is 10.2 Å².